The van der Waals surface area contributed by atoms with Crippen molar-refractivity contribution in [3.8, 4) is 0 Å². The molecule has 0 saturated heterocycles. The highest BCUT2D eigenvalue weighted by Crippen LogP contribution is 2.35. The molecule has 0 radical (unpaired) electrons. The van der Waals surface area contributed by atoms with E-state index in [-0.39, 0.29) is 48.0 Å². The lowest BCUT2D eigenvalue weighted by Crippen LogP contribution is -2.42. The first-order chi connectivity index (χ1) is 11.0. The summed E-state index contributed by atoms with van der Waals surface area (Å²) in [4.78, 5) is 14.1. The number of nitrogens with zero attached hydrogens (tertiary/aromatic N) is 1. The van der Waals surface area contributed by atoms with Crippen molar-refractivity contribution in [1.82, 2.24) is 4.90 Å². The standard InChI is InChI=1S/C15H19ClF2N2O3S/c1-20(11-5-7-15(17,18)8-6-11)14(21)12-9-10(16)3-4-13(12)19-24(2,22)23/h3-4,9,11,19H,5-8H2,1-2H3. The van der Waals surface area contributed by atoms with Gasteiger partial charge in [-0.05, 0) is 31.0 Å². The lowest BCUT2D eigenvalue weighted by molar-refractivity contribution is -0.0490. The molecule has 9 heteroatoms. The Morgan fingerprint density at radius 1 is 1.33 bits per heavy atom. The van der Waals surface area contributed by atoms with E-state index < -0.39 is 21.9 Å². The predicted octanol–water partition coefficient (Wildman–Crippen LogP) is 3.36. The highest BCUT2D eigenvalue weighted by Gasteiger charge is 2.37. The number of sulfonamides is 1. The summed E-state index contributed by atoms with van der Waals surface area (Å²) in [6.07, 6.45) is 0.844. The molecule has 1 aromatic carbocycles. The van der Waals surface area contributed by atoms with Gasteiger partial charge >= 0.3 is 0 Å². The van der Waals surface area contributed by atoms with Gasteiger partial charge in [-0.2, -0.15) is 0 Å². The Morgan fingerprint density at radius 3 is 2.46 bits per heavy atom. The molecule has 0 atom stereocenters. The number of carbonyl (C=O) groups excluding carboxylic acids is 1. The Balaban J connectivity index is 2.24. The van der Waals surface area contributed by atoms with Crippen LogP contribution in [-0.2, 0) is 10.0 Å². The third kappa shape index (κ3) is 4.80. The number of alkyl halides is 2. The fraction of sp³-hybridized carbons (Fsp3) is 0.533. The van der Waals surface area contributed by atoms with E-state index in [1.807, 2.05) is 0 Å². The first kappa shape index (κ1) is 18.9. The van der Waals surface area contributed by atoms with Crippen LogP contribution in [0.15, 0.2) is 18.2 Å². The number of halogens is 3. The molecule has 0 aliphatic heterocycles. The molecule has 1 N–H and O–H groups in total. The van der Waals surface area contributed by atoms with Crippen molar-refractivity contribution in [1.29, 1.82) is 0 Å². The van der Waals surface area contributed by atoms with Crippen LogP contribution in [0.25, 0.3) is 0 Å². The maximum absolute atomic E-state index is 13.3. The lowest BCUT2D eigenvalue weighted by Gasteiger charge is -2.34. The lowest BCUT2D eigenvalue weighted by atomic mass is 9.91. The minimum absolute atomic E-state index is 0.0905. The molecule has 0 aromatic heterocycles. The highest BCUT2D eigenvalue weighted by atomic mass is 35.5. The van der Waals surface area contributed by atoms with Gasteiger partial charge in [0.05, 0.1) is 17.5 Å². The molecule has 0 unspecified atom stereocenters. The summed E-state index contributed by atoms with van der Waals surface area (Å²) in [5, 5.41) is 0.279. The topological polar surface area (TPSA) is 66.5 Å². The molecular formula is C15H19ClF2N2O3S. The van der Waals surface area contributed by atoms with Crippen LogP contribution in [0, 0.1) is 0 Å². The largest absolute Gasteiger partial charge is 0.339 e. The quantitative estimate of drug-likeness (QED) is 0.870. The molecule has 1 saturated carbocycles. The van der Waals surface area contributed by atoms with Crippen molar-refractivity contribution in [2.75, 3.05) is 18.0 Å². The first-order valence-corrected chi connectivity index (χ1v) is 9.68. The summed E-state index contributed by atoms with van der Waals surface area (Å²) in [5.41, 5.74) is 0.202. The van der Waals surface area contributed by atoms with Gasteiger partial charge in [-0.15, -0.1) is 0 Å². The van der Waals surface area contributed by atoms with Gasteiger partial charge in [-0.3, -0.25) is 9.52 Å². The molecule has 1 fully saturated rings. The number of benzene rings is 1. The zero-order chi connectivity index (χ0) is 18.1. The molecule has 1 amide bonds. The van der Waals surface area contributed by atoms with E-state index in [1.54, 1.807) is 0 Å². The number of hydrogen-bond acceptors (Lipinski definition) is 3. The smallest absolute Gasteiger partial charge is 0.256 e. The number of hydrogen-bond donors (Lipinski definition) is 1. The van der Waals surface area contributed by atoms with Crippen LogP contribution >= 0.6 is 11.6 Å². The number of nitrogens with one attached hydrogen (secondary N) is 1. The van der Waals surface area contributed by atoms with E-state index in [9.17, 15) is 22.0 Å². The number of anilines is 1. The van der Waals surface area contributed by atoms with Crippen LogP contribution in [-0.4, -0.2) is 44.5 Å². The second kappa shape index (κ2) is 6.84. The van der Waals surface area contributed by atoms with Crippen molar-refractivity contribution in [2.24, 2.45) is 0 Å². The molecular weight excluding hydrogens is 362 g/mol. The van der Waals surface area contributed by atoms with Crippen LogP contribution in [0.2, 0.25) is 5.02 Å². The fourth-order valence-corrected chi connectivity index (χ4v) is 3.50. The van der Waals surface area contributed by atoms with E-state index in [0.717, 1.165) is 6.26 Å². The van der Waals surface area contributed by atoms with E-state index >= 15 is 0 Å². The van der Waals surface area contributed by atoms with E-state index in [4.69, 9.17) is 11.6 Å². The second-order valence-corrected chi connectivity index (χ2v) is 8.25. The van der Waals surface area contributed by atoms with Gasteiger partial charge in [0.15, 0.2) is 0 Å². The molecule has 0 heterocycles. The Hall–Kier alpha value is -1.41. The molecule has 5 nitrogen and oxygen atoms in total. The van der Waals surface area contributed by atoms with Crippen molar-refractivity contribution in [3.63, 3.8) is 0 Å². The van der Waals surface area contributed by atoms with Crippen molar-refractivity contribution in [3.05, 3.63) is 28.8 Å². The summed E-state index contributed by atoms with van der Waals surface area (Å²) in [6, 6.07) is 3.92. The highest BCUT2D eigenvalue weighted by molar-refractivity contribution is 7.92. The zero-order valence-electron chi connectivity index (χ0n) is 13.4. The van der Waals surface area contributed by atoms with Gasteiger partial charge in [0.25, 0.3) is 5.91 Å². The third-order valence-corrected chi connectivity index (χ3v) is 4.89. The monoisotopic (exact) mass is 380 g/mol. The van der Waals surface area contributed by atoms with Gasteiger partial charge in [-0.1, -0.05) is 11.6 Å². The summed E-state index contributed by atoms with van der Waals surface area (Å²) >= 11 is 5.91. The van der Waals surface area contributed by atoms with Gasteiger partial charge in [0, 0.05) is 31.0 Å². The summed E-state index contributed by atoms with van der Waals surface area (Å²) in [7, 11) is -2.05. The number of amides is 1. The molecule has 0 bridgehead atoms. The summed E-state index contributed by atoms with van der Waals surface area (Å²) in [6.45, 7) is 0. The van der Waals surface area contributed by atoms with Crippen molar-refractivity contribution < 1.29 is 22.0 Å². The number of rotatable bonds is 4. The molecule has 2 rings (SSSR count). The van der Waals surface area contributed by atoms with E-state index in [0.29, 0.717) is 0 Å². The molecule has 1 aromatic rings. The molecule has 0 spiro atoms. The predicted molar refractivity (Wildman–Crippen MR) is 89.2 cm³/mol. The molecule has 1 aliphatic carbocycles. The number of carbonyl (C=O) groups is 1. The van der Waals surface area contributed by atoms with Crippen molar-refractivity contribution in [2.45, 2.75) is 37.6 Å². The molecule has 24 heavy (non-hydrogen) atoms. The van der Waals surface area contributed by atoms with E-state index in [2.05, 4.69) is 4.72 Å². The normalized spacial score (nSPS) is 18.2. The maximum atomic E-state index is 13.3. The Labute approximate surface area is 145 Å². The van der Waals surface area contributed by atoms with Crippen LogP contribution in [0.3, 0.4) is 0 Å². The third-order valence-electron chi connectivity index (χ3n) is 4.06. The minimum atomic E-state index is -3.58. The van der Waals surface area contributed by atoms with Crippen LogP contribution < -0.4 is 4.72 Å². The van der Waals surface area contributed by atoms with Gasteiger partial charge in [0.2, 0.25) is 15.9 Å². The SMILES string of the molecule is CN(C(=O)c1cc(Cl)ccc1NS(C)(=O)=O)C1CCC(F)(F)CC1. The minimum Gasteiger partial charge on any atom is -0.339 e. The first-order valence-electron chi connectivity index (χ1n) is 7.41. The molecule has 1 aliphatic rings. The van der Waals surface area contributed by atoms with Gasteiger partial charge in [-0.25, -0.2) is 17.2 Å². The van der Waals surface area contributed by atoms with E-state index in [1.165, 1.54) is 30.1 Å². The summed E-state index contributed by atoms with van der Waals surface area (Å²) in [5.74, 6) is -3.14. The maximum Gasteiger partial charge on any atom is 0.256 e. The Kier molecular flexibility index (Phi) is 5.39. The average molecular weight is 381 g/mol. The van der Waals surface area contributed by atoms with Crippen LogP contribution in [0.5, 0.6) is 0 Å². The summed E-state index contributed by atoms with van der Waals surface area (Å²) < 4.78 is 51.7. The van der Waals surface area contributed by atoms with Crippen molar-refractivity contribution >= 4 is 33.2 Å². The van der Waals surface area contributed by atoms with Gasteiger partial charge < -0.3 is 4.90 Å². The van der Waals surface area contributed by atoms with Crippen LogP contribution in [0.1, 0.15) is 36.0 Å². The Bertz CT molecular complexity index is 730. The van der Waals surface area contributed by atoms with Crippen LogP contribution in [0.4, 0.5) is 14.5 Å². The van der Waals surface area contributed by atoms with Gasteiger partial charge in [0.1, 0.15) is 0 Å². The zero-order valence-corrected chi connectivity index (χ0v) is 14.9. The second-order valence-electron chi connectivity index (χ2n) is 6.07. The average Bonchev–Trinajstić information content (AvgIpc) is 2.46. The molecule has 134 valence electrons. The Morgan fingerprint density at radius 2 is 1.92 bits per heavy atom. The fourth-order valence-electron chi connectivity index (χ4n) is 2.75.